The molecule has 2 atom stereocenters. The Morgan fingerprint density at radius 2 is 1.61 bits per heavy atom. The van der Waals surface area contributed by atoms with Gasteiger partial charge in [-0.2, -0.15) is 0 Å². The third-order valence-corrected chi connectivity index (χ3v) is 6.57. The van der Waals surface area contributed by atoms with E-state index in [4.69, 9.17) is 4.74 Å². The number of nitrogens with zero attached hydrogens (tertiary/aromatic N) is 1. The maximum absolute atomic E-state index is 13.7. The smallest absolute Gasteiger partial charge is 0.261 e. The molecule has 0 heterocycles. The van der Waals surface area contributed by atoms with Gasteiger partial charge in [-0.1, -0.05) is 73.7 Å². The van der Waals surface area contributed by atoms with E-state index >= 15 is 0 Å². The lowest BCUT2D eigenvalue weighted by atomic mass is 10.0. The van der Waals surface area contributed by atoms with Crippen molar-refractivity contribution in [1.29, 1.82) is 0 Å². The molecule has 2 amide bonds. The molecule has 3 rings (SSSR count). The highest BCUT2D eigenvalue weighted by Gasteiger charge is 2.31. The highest BCUT2D eigenvalue weighted by atomic mass is 16.5. The van der Waals surface area contributed by atoms with Gasteiger partial charge >= 0.3 is 0 Å². The van der Waals surface area contributed by atoms with Gasteiger partial charge in [-0.25, -0.2) is 0 Å². The van der Waals surface area contributed by atoms with Crippen LogP contribution in [0.2, 0.25) is 0 Å². The molecule has 0 unspecified atom stereocenters. The summed E-state index contributed by atoms with van der Waals surface area (Å²) in [5, 5.41) is 3.10. The zero-order valence-electron chi connectivity index (χ0n) is 22.1. The van der Waals surface area contributed by atoms with Gasteiger partial charge in [0.05, 0.1) is 0 Å². The van der Waals surface area contributed by atoms with Crippen LogP contribution in [0.25, 0.3) is 0 Å². The fourth-order valence-corrected chi connectivity index (χ4v) is 4.05. The Morgan fingerprint density at radius 1 is 0.917 bits per heavy atom. The summed E-state index contributed by atoms with van der Waals surface area (Å²) in [6, 6.07) is 23.1. The third kappa shape index (κ3) is 7.45. The number of hydrogen-bond acceptors (Lipinski definition) is 3. The van der Waals surface area contributed by atoms with Crippen molar-refractivity contribution in [2.24, 2.45) is 0 Å². The number of carbonyl (C=O) groups is 2. The van der Waals surface area contributed by atoms with E-state index < -0.39 is 6.04 Å². The van der Waals surface area contributed by atoms with Gasteiger partial charge < -0.3 is 15.0 Å². The van der Waals surface area contributed by atoms with Crippen molar-refractivity contribution in [1.82, 2.24) is 10.2 Å². The van der Waals surface area contributed by atoms with Crippen molar-refractivity contribution in [2.45, 2.75) is 66.1 Å². The maximum atomic E-state index is 13.7. The van der Waals surface area contributed by atoms with Gasteiger partial charge in [-0.3, -0.25) is 9.59 Å². The Bertz CT molecular complexity index is 1160. The Kier molecular flexibility index (Phi) is 9.69. The number of ether oxygens (including phenoxy) is 1. The Balaban J connectivity index is 1.94. The molecule has 36 heavy (non-hydrogen) atoms. The van der Waals surface area contributed by atoms with Crippen LogP contribution in [-0.2, 0) is 22.6 Å². The zero-order chi connectivity index (χ0) is 26.1. The minimum Gasteiger partial charge on any atom is -0.483 e. The van der Waals surface area contributed by atoms with E-state index in [1.165, 1.54) is 0 Å². The second-order valence-electron chi connectivity index (χ2n) is 9.53. The summed E-state index contributed by atoms with van der Waals surface area (Å²) in [6.45, 7) is 10.2. The molecule has 0 bridgehead atoms. The molecule has 0 aliphatic carbocycles. The SMILES string of the molecule is CC[C@H](C)NC(=O)[C@@H](Cc1ccccc1)N(Cc1ccccc1C)C(=O)COc1cc(C)ccc1C. The van der Waals surface area contributed by atoms with Crippen molar-refractivity contribution in [3.05, 3.63) is 101 Å². The molecule has 0 fully saturated rings. The van der Waals surface area contributed by atoms with Crippen molar-refractivity contribution in [3.8, 4) is 5.75 Å². The van der Waals surface area contributed by atoms with Crippen LogP contribution >= 0.6 is 0 Å². The van der Waals surface area contributed by atoms with E-state index in [0.717, 1.165) is 34.2 Å². The topological polar surface area (TPSA) is 58.6 Å². The van der Waals surface area contributed by atoms with E-state index in [1.807, 2.05) is 107 Å². The molecule has 0 aromatic heterocycles. The number of carbonyl (C=O) groups excluding carboxylic acids is 2. The van der Waals surface area contributed by atoms with E-state index in [9.17, 15) is 9.59 Å². The molecule has 5 nitrogen and oxygen atoms in total. The van der Waals surface area contributed by atoms with Gasteiger partial charge in [0.15, 0.2) is 6.61 Å². The Labute approximate surface area is 215 Å². The van der Waals surface area contributed by atoms with Crippen LogP contribution in [0.1, 0.15) is 48.1 Å². The normalized spacial score (nSPS) is 12.5. The van der Waals surface area contributed by atoms with Gasteiger partial charge in [0.1, 0.15) is 11.8 Å². The van der Waals surface area contributed by atoms with E-state index in [1.54, 1.807) is 4.90 Å². The average molecular weight is 487 g/mol. The van der Waals surface area contributed by atoms with Crippen molar-refractivity contribution in [2.75, 3.05) is 6.61 Å². The predicted molar refractivity (Wildman–Crippen MR) is 145 cm³/mol. The molecule has 3 aromatic rings. The molecular weight excluding hydrogens is 448 g/mol. The summed E-state index contributed by atoms with van der Waals surface area (Å²) in [7, 11) is 0. The number of hydrogen-bond donors (Lipinski definition) is 1. The second kappa shape index (κ2) is 12.9. The van der Waals surface area contributed by atoms with Gasteiger partial charge in [0.25, 0.3) is 5.91 Å². The van der Waals surface area contributed by atoms with Crippen LogP contribution in [0.4, 0.5) is 0 Å². The minimum absolute atomic E-state index is 0.0115. The summed E-state index contributed by atoms with van der Waals surface area (Å²) >= 11 is 0. The zero-order valence-corrected chi connectivity index (χ0v) is 22.1. The molecule has 5 heteroatoms. The molecule has 0 saturated carbocycles. The fourth-order valence-electron chi connectivity index (χ4n) is 4.05. The summed E-state index contributed by atoms with van der Waals surface area (Å²) in [6.07, 6.45) is 1.23. The van der Waals surface area contributed by atoms with Gasteiger partial charge in [0, 0.05) is 19.0 Å². The standard InChI is InChI=1S/C31H38N2O3/c1-6-25(5)32-31(35)28(19-26-13-8-7-9-14-26)33(20-27-15-11-10-12-23(27)3)30(34)21-36-29-18-22(2)16-17-24(29)4/h7-18,25,28H,6,19-21H2,1-5H3,(H,32,35)/t25-,28+/m0/s1. The van der Waals surface area contributed by atoms with Crippen LogP contribution in [0, 0.1) is 20.8 Å². The highest BCUT2D eigenvalue weighted by Crippen LogP contribution is 2.21. The molecule has 1 N–H and O–H groups in total. The third-order valence-electron chi connectivity index (χ3n) is 6.57. The molecule has 0 aliphatic rings. The van der Waals surface area contributed by atoms with Crippen molar-refractivity contribution < 1.29 is 14.3 Å². The number of benzene rings is 3. The van der Waals surface area contributed by atoms with Crippen molar-refractivity contribution >= 4 is 11.8 Å². The van der Waals surface area contributed by atoms with Gasteiger partial charge in [-0.15, -0.1) is 0 Å². The largest absolute Gasteiger partial charge is 0.483 e. The summed E-state index contributed by atoms with van der Waals surface area (Å²) in [5.74, 6) is 0.309. The molecule has 0 radical (unpaired) electrons. The summed E-state index contributed by atoms with van der Waals surface area (Å²) in [4.78, 5) is 29.0. The quantitative estimate of drug-likeness (QED) is 0.387. The summed E-state index contributed by atoms with van der Waals surface area (Å²) in [5.41, 5.74) is 5.11. The van der Waals surface area contributed by atoms with Crippen LogP contribution in [0.15, 0.2) is 72.8 Å². The summed E-state index contributed by atoms with van der Waals surface area (Å²) < 4.78 is 5.99. The van der Waals surface area contributed by atoms with E-state index in [-0.39, 0.29) is 24.5 Å². The van der Waals surface area contributed by atoms with Crippen LogP contribution in [0.5, 0.6) is 5.75 Å². The Hall–Kier alpha value is -3.60. The number of rotatable bonds is 11. The first-order chi connectivity index (χ1) is 17.3. The average Bonchev–Trinajstić information content (AvgIpc) is 2.87. The second-order valence-corrected chi connectivity index (χ2v) is 9.53. The van der Waals surface area contributed by atoms with Gasteiger partial charge in [0.2, 0.25) is 5.91 Å². The predicted octanol–water partition coefficient (Wildman–Crippen LogP) is 5.55. The first-order valence-corrected chi connectivity index (χ1v) is 12.7. The monoisotopic (exact) mass is 486 g/mol. The lowest BCUT2D eigenvalue weighted by Gasteiger charge is -2.32. The molecular formula is C31H38N2O3. The maximum Gasteiger partial charge on any atom is 0.261 e. The molecule has 3 aromatic carbocycles. The first kappa shape index (κ1) is 27.0. The van der Waals surface area contributed by atoms with Crippen molar-refractivity contribution in [3.63, 3.8) is 0 Å². The van der Waals surface area contributed by atoms with Crippen LogP contribution in [-0.4, -0.2) is 35.4 Å². The lowest BCUT2D eigenvalue weighted by molar-refractivity contribution is -0.143. The molecule has 0 saturated heterocycles. The number of amides is 2. The van der Waals surface area contributed by atoms with E-state index in [2.05, 4.69) is 5.32 Å². The lowest BCUT2D eigenvalue weighted by Crippen LogP contribution is -2.53. The molecule has 0 aliphatic heterocycles. The van der Waals surface area contributed by atoms with Crippen LogP contribution < -0.4 is 10.1 Å². The van der Waals surface area contributed by atoms with E-state index in [0.29, 0.717) is 18.7 Å². The van der Waals surface area contributed by atoms with Crippen LogP contribution in [0.3, 0.4) is 0 Å². The first-order valence-electron chi connectivity index (χ1n) is 12.7. The fraction of sp³-hybridized carbons (Fsp3) is 0.355. The molecule has 190 valence electrons. The minimum atomic E-state index is -0.671. The highest BCUT2D eigenvalue weighted by molar-refractivity contribution is 5.88. The number of nitrogens with one attached hydrogen (secondary N) is 1. The Morgan fingerprint density at radius 3 is 2.31 bits per heavy atom. The van der Waals surface area contributed by atoms with Gasteiger partial charge in [-0.05, 0) is 68.0 Å². The molecule has 0 spiro atoms. The number of aryl methyl sites for hydroxylation is 3.